The van der Waals surface area contributed by atoms with E-state index in [0.29, 0.717) is 17.9 Å². The van der Waals surface area contributed by atoms with Gasteiger partial charge in [-0.15, -0.1) is 0 Å². The number of nitrogens with zero attached hydrogens (tertiary/aromatic N) is 4. The summed E-state index contributed by atoms with van der Waals surface area (Å²) in [5, 5.41) is 2.93. The number of amides is 1. The molecule has 0 saturated heterocycles. The number of hydrogen-bond acceptors (Lipinski definition) is 6. The first-order valence-corrected chi connectivity index (χ1v) is 11.8. The van der Waals surface area contributed by atoms with Crippen molar-refractivity contribution < 1.29 is 9.21 Å². The summed E-state index contributed by atoms with van der Waals surface area (Å²) >= 11 is 0. The van der Waals surface area contributed by atoms with Gasteiger partial charge in [0.1, 0.15) is 17.0 Å². The number of anilines is 1. The Morgan fingerprint density at radius 1 is 1.06 bits per heavy atom. The molecular weight excluding hydrogens is 454 g/mol. The normalized spacial score (nSPS) is 11.4. The number of furan rings is 1. The van der Waals surface area contributed by atoms with Crippen molar-refractivity contribution in [1.82, 2.24) is 29.9 Å². The molecule has 6 heterocycles. The van der Waals surface area contributed by atoms with Gasteiger partial charge >= 0.3 is 0 Å². The maximum atomic E-state index is 12.2. The number of aromatic amines is 2. The van der Waals surface area contributed by atoms with Crippen molar-refractivity contribution in [2.45, 2.75) is 26.2 Å². The van der Waals surface area contributed by atoms with Crippen LogP contribution in [0.2, 0.25) is 0 Å². The number of pyridine rings is 3. The highest BCUT2D eigenvalue weighted by Gasteiger charge is 2.16. The number of carbonyl (C=O) groups excluding carboxylic acids is 1. The summed E-state index contributed by atoms with van der Waals surface area (Å²) in [5.74, 6) is 0.676. The van der Waals surface area contributed by atoms with Gasteiger partial charge in [0.05, 0.1) is 52.2 Å². The van der Waals surface area contributed by atoms with Crippen molar-refractivity contribution in [3.05, 3.63) is 67.6 Å². The molecule has 0 spiro atoms. The zero-order chi connectivity index (χ0) is 24.5. The Kier molecular flexibility index (Phi) is 5.49. The Bertz CT molecular complexity index is 1680. The molecule has 9 heteroatoms. The van der Waals surface area contributed by atoms with Crippen LogP contribution in [0.3, 0.4) is 0 Å². The number of fused-ring (bicyclic) bond motifs is 2. The van der Waals surface area contributed by atoms with Crippen LogP contribution in [0.5, 0.6) is 0 Å². The molecule has 0 aliphatic rings. The molecule has 0 radical (unpaired) electrons. The molecule has 0 fully saturated rings. The van der Waals surface area contributed by atoms with Gasteiger partial charge in [-0.1, -0.05) is 13.3 Å². The molecule has 3 N–H and O–H groups in total. The Morgan fingerprint density at radius 3 is 2.86 bits per heavy atom. The average Bonchev–Trinajstić information content (AvgIpc) is 3.66. The smallest absolute Gasteiger partial charge is 0.224 e. The molecule has 36 heavy (non-hydrogen) atoms. The second-order valence-electron chi connectivity index (χ2n) is 8.56. The first kappa shape index (κ1) is 21.7. The Hall–Kier alpha value is -4.79. The highest BCUT2D eigenvalue weighted by atomic mass is 16.3. The monoisotopic (exact) mass is 477 g/mol. The number of nitrogens with one attached hydrogen (secondary N) is 3. The number of H-pyrrole nitrogens is 2. The van der Waals surface area contributed by atoms with E-state index in [1.165, 1.54) is 0 Å². The zero-order valence-electron chi connectivity index (χ0n) is 19.6. The minimum absolute atomic E-state index is 0.0127. The number of imidazole rings is 1. The van der Waals surface area contributed by atoms with Crippen molar-refractivity contribution in [3.8, 4) is 33.9 Å². The van der Waals surface area contributed by atoms with Crippen molar-refractivity contribution in [3.63, 3.8) is 0 Å². The molecule has 0 unspecified atom stereocenters. The van der Waals surface area contributed by atoms with Gasteiger partial charge in [0, 0.05) is 36.1 Å². The quantitative estimate of drug-likeness (QED) is 0.261. The number of carbonyl (C=O) groups is 1. The van der Waals surface area contributed by atoms with Crippen LogP contribution in [0, 0.1) is 0 Å². The topological polar surface area (TPSA) is 125 Å². The molecule has 0 aromatic carbocycles. The van der Waals surface area contributed by atoms with Crippen LogP contribution >= 0.6 is 0 Å². The highest BCUT2D eigenvalue weighted by molar-refractivity contribution is 5.96. The Morgan fingerprint density at radius 2 is 2.00 bits per heavy atom. The van der Waals surface area contributed by atoms with E-state index in [2.05, 4.69) is 32.2 Å². The fourth-order valence-corrected chi connectivity index (χ4v) is 4.22. The molecule has 6 aromatic rings. The maximum Gasteiger partial charge on any atom is 0.224 e. The summed E-state index contributed by atoms with van der Waals surface area (Å²) in [5.41, 5.74) is 7.98. The standard InChI is InChI=1S/C27H23N7O2/c1-2-3-4-23(35)31-18-11-17(12-28-13-18)20-5-6-21-25(32-20)19(14-30-21)27-33-22-7-9-29-24(26(22)34-27)16-8-10-36-15-16/h5-15,30H,2-4H2,1H3,(H,31,35)(H,33,34). The molecule has 0 aliphatic heterocycles. The van der Waals surface area contributed by atoms with Crippen molar-refractivity contribution in [2.75, 3.05) is 5.32 Å². The lowest BCUT2D eigenvalue weighted by Gasteiger charge is -2.07. The van der Waals surface area contributed by atoms with E-state index in [4.69, 9.17) is 14.4 Å². The lowest BCUT2D eigenvalue weighted by molar-refractivity contribution is -0.116. The third-order valence-electron chi connectivity index (χ3n) is 6.05. The van der Waals surface area contributed by atoms with E-state index >= 15 is 0 Å². The minimum atomic E-state index is -0.0127. The SMILES string of the molecule is CCCCC(=O)Nc1cncc(-c2ccc3[nH]cc(-c4nc5c(-c6ccoc6)nccc5[nH]4)c3n2)c1. The number of unbranched alkanes of at least 4 members (excludes halogenated alkanes) is 1. The summed E-state index contributed by atoms with van der Waals surface area (Å²) in [6.07, 6.45) is 12.6. The summed E-state index contributed by atoms with van der Waals surface area (Å²) < 4.78 is 5.24. The van der Waals surface area contributed by atoms with E-state index in [0.717, 1.165) is 63.0 Å². The van der Waals surface area contributed by atoms with Crippen molar-refractivity contribution >= 4 is 33.7 Å². The third kappa shape index (κ3) is 4.00. The fourth-order valence-electron chi connectivity index (χ4n) is 4.22. The molecular formula is C27H23N7O2. The van der Waals surface area contributed by atoms with E-state index in [1.54, 1.807) is 31.1 Å². The van der Waals surface area contributed by atoms with Gasteiger partial charge in [-0.25, -0.2) is 9.97 Å². The molecule has 9 nitrogen and oxygen atoms in total. The molecule has 0 aliphatic carbocycles. The first-order valence-electron chi connectivity index (χ1n) is 11.8. The molecule has 0 bridgehead atoms. The van der Waals surface area contributed by atoms with Gasteiger partial charge in [0.2, 0.25) is 5.91 Å². The lowest BCUT2D eigenvalue weighted by Crippen LogP contribution is -2.11. The molecule has 0 saturated carbocycles. The summed E-state index contributed by atoms with van der Waals surface area (Å²) in [4.78, 5) is 37.4. The maximum absolute atomic E-state index is 12.2. The van der Waals surface area contributed by atoms with E-state index in [9.17, 15) is 4.79 Å². The minimum Gasteiger partial charge on any atom is -0.472 e. The average molecular weight is 478 g/mol. The molecule has 6 aromatic heterocycles. The molecule has 1 amide bonds. The molecule has 6 rings (SSSR count). The van der Waals surface area contributed by atoms with Crippen LogP contribution < -0.4 is 5.32 Å². The van der Waals surface area contributed by atoms with Gasteiger partial charge in [-0.2, -0.15) is 0 Å². The number of rotatable bonds is 7. The van der Waals surface area contributed by atoms with E-state index in [-0.39, 0.29) is 5.91 Å². The second kappa shape index (κ2) is 9.10. The number of aromatic nitrogens is 6. The van der Waals surface area contributed by atoms with E-state index < -0.39 is 0 Å². The molecule has 178 valence electrons. The largest absolute Gasteiger partial charge is 0.472 e. The van der Waals surface area contributed by atoms with Gasteiger partial charge in [-0.05, 0) is 36.8 Å². The summed E-state index contributed by atoms with van der Waals surface area (Å²) in [7, 11) is 0. The fraction of sp³-hybridized carbons (Fsp3) is 0.148. The van der Waals surface area contributed by atoms with Crippen molar-refractivity contribution in [2.24, 2.45) is 0 Å². The van der Waals surface area contributed by atoms with Crippen LogP contribution in [0.4, 0.5) is 5.69 Å². The van der Waals surface area contributed by atoms with Gasteiger partial charge < -0.3 is 19.7 Å². The Balaban J connectivity index is 1.37. The first-order chi connectivity index (χ1) is 17.7. The second-order valence-corrected chi connectivity index (χ2v) is 8.56. The predicted octanol–water partition coefficient (Wildman–Crippen LogP) is 5.95. The number of hydrogen-bond donors (Lipinski definition) is 3. The zero-order valence-corrected chi connectivity index (χ0v) is 19.6. The van der Waals surface area contributed by atoms with Crippen molar-refractivity contribution in [1.29, 1.82) is 0 Å². The van der Waals surface area contributed by atoms with Gasteiger partial charge in [-0.3, -0.25) is 14.8 Å². The van der Waals surface area contributed by atoms with Crippen LogP contribution in [-0.4, -0.2) is 35.8 Å². The molecule has 0 atom stereocenters. The van der Waals surface area contributed by atoms with Crippen LogP contribution in [-0.2, 0) is 4.79 Å². The highest BCUT2D eigenvalue weighted by Crippen LogP contribution is 2.32. The van der Waals surface area contributed by atoms with Crippen LogP contribution in [0.15, 0.2) is 72.1 Å². The summed E-state index contributed by atoms with van der Waals surface area (Å²) in [6.45, 7) is 2.06. The van der Waals surface area contributed by atoms with Crippen LogP contribution in [0.1, 0.15) is 26.2 Å². The van der Waals surface area contributed by atoms with Gasteiger partial charge in [0.15, 0.2) is 0 Å². The van der Waals surface area contributed by atoms with E-state index in [1.807, 2.05) is 36.5 Å². The third-order valence-corrected chi connectivity index (χ3v) is 6.05. The summed E-state index contributed by atoms with van der Waals surface area (Å²) in [6, 6.07) is 9.57. The lowest BCUT2D eigenvalue weighted by atomic mass is 10.1. The Labute approximate surface area is 206 Å². The van der Waals surface area contributed by atoms with Crippen LogP contribution in [0.25, 0.3) is 56.0 Å². The van der Waals surface area contributed by atoms with Gasteiger partial charge in [0.25, 0.3) is 0 Å². The predicted molar refractivity (Wildman–Crippen MR) is 138 cm³/mol.